The molecule has 6 nitrogen and oxygen atoms in total. The standard InChI is InChI=1S/C16H16N2O4S/c19-15(10-3-5-20-6-4-10)18-16-17-12(8-23-16)11-1-2-13-14(7-11)22-9-21-13/h1-2,7-8,10H,3-6,9H2,(H,17,18,19). The van der Waals surface area contributed by atoms with E-state index in [0.29, 0.717) is 18.3 Å². The number of rotatable bonds is 3. The van der Waals surface area contributed by atoms with E-state index in [1.807, 2.05) is 23.6 Å². The molecule has 7 heteroatoms. The minimum atomic E-state index is 0.0154. The summed E-state index contributed by atoms with van der Waals surface area (Å²) in [7, 11) is 0. The second-order valence-electron chi connectivity index (χ2n) is 5.48. The Balaban J connectivity index is 1.47. The number of thiazole rings is 1. The molecule has 120 valence electrons. The van der Waals surface area contributed by atoms with Crippen LogP contribution < -0.4 is 14.8 Å². The Hall–Kier alpha value is -2.12. The molecular weight excluding hydrogens is 316 g/mol. The summed E-state index contributed by atoms with van der Waals surface area (Å²) in [6.07, 6.45) is 1.54. The minimum Gasteiger partial charge on any atom is -0.454 e. The maximum atomic E-state index is 12.2. The number of carbonyl (C=O) groups excluding carboxylic acids is 1. The van der Waals surface area contributed by atoms with Crippen molar-refractivity contribution in [2.75, 3.05) is 25.3 Å². The second kappa shape index (κ2) is 6.17. The van der Waals surface area contributed by atoms with E-state index in [0.717, 1.165) is 35.6 Å². The maximum Gasteiger partial charge on any atom is 0.231 e. The van der Waals surface area contributed by atoms with Gasteiger partial charge in [-0.1, -0.05) is 0 Å². The van der Waals surface area contributed by atoms with Gasteiger partial charge in [-0.3, -0.25) is 4.79 Å². The molecule has 0 radical (unpaired) electrons. The zero-order valence-electron chi connectivity index (χ0n) is 12.4. The molecule has 3 heterocycles. The highest BCUT2D eigenvalue weighted by Gasteiger charge is 2.22. The summed E-state index contributed by atoms with van der Waals surface area (Å²) < 4.78 is 16.0. The van der Waals surface area contributed by atoms with Crippen molar-refractivity contribution in [2.45, 2.75) is 12.8 Å². The van der Waals surface area contributed by atoms with Crippen molar-refractivity contribution in [1.82, 2.24) is 4.98 Å². The molecule has 0 unspecified atom stereocenters. The van der Waals surface area contributed by atoms with E-state index in [1.54, 1.807) is 0 Å². The number of benzene rings is 1. The van der Waals surface area contributed by atoms with Crippen molar-refractivity contribution >= 4 is 22.4 Å². The molecule has 1 N–H and O–H groups in total. The number of nitrogens with one attached hydrogen (secondary N) is 1. The Morgan fingerprint density at radius 3 is 2.91 bits per heavy atom. The van der Waals surface area contributed by atoms with Crippen LogP contribution in [-0.2, 0) is 9.53 Å². The van der Waals surface area contributed by atoms with Crippen molar-refractivity contribution in [2.24, 2.45) is 5.92 Å². The molecule has 0 aliphatic carbocycles. The second-order valence-corrected chi connectivity index (χ2v) is 6.34. The van der Waals surface area contributed by atoms with Crippen LogP contribution in [0.1, 0.15) is 12.8 Å². The fourth-order valence-electron chi connectivity index (χ4n) is 2.69. The minimum absolute atomic E-state index is 0.0154. The summed E-state index contributed by atoms with van der Waals surface area (Å²) in [5.74, 6) is 1.52. The van der Waals surface area contributed by atoms with Crippen molar-refractivity contribution in [3.63, 3.8) is 0 Å². The lowest BCUT2D eigenvalue weighted by atomic mass is 10.00. The lowest BCUT2D eigenvalue weighted by Gasteiger charge is -2.20. The highest BCUT2D eigenvalue weighted by atomic mass is 32.1. The Bertz CT molecular complexity index is 725. The number of hydrogen-bond donors (Lipinski definition) is 1. The van der Waals surface area contributed by atoms with Gasteiger partial charge < -0.3 is 19.5 Å². The molecule has 0 spiro atoms. The monoisotopic (exact) mass is 332 g/mol. The van der Waals surface area contributed by atoms with Crippen LogP contribution in [0, 0.1) is 5.92 Å². The maximum absolute atomic E-state index is 12.2. The van der Waals surface area contributed by atoms with E-state index in [2.05, 4.69) is 10.3 Å². The number of aromatic nitrogens is 1. The van der Waals surface area contributed by atoms with Gasteiger partial charge in [-0.05, 0) is 31.0 Å². The molecule has 23 heavy (non-hydrogen) atoms. The van der Waals surface area contributed by atoms with Crippen LogP contribution in [0.15, 0.2) is 23.6 Å². The predicted molar refractivity (Wildman–Crippen MR) is 85.8 cm³/mol. The highest BCUT2D eigenvalue weighted by molar-refractivity contribution is 7.14. The van der Waals surface area contributed by atoms with E-state index in [4.69, 9.17) is 14.2 Å². The van der Waals surface area contributed by atoms with Crippen molar-refractivity contribution < 1.29 is 19.0 Å². The van der Waals surface area contributed by atoms with Gasteiger partial charge in [-0.15, -0.1) is 11.3 Å². The Labute approximate surface area is 137 Å². The molecule has 1 aromatic carbocycles. The molecule has 1 amide bonds. The summed E-state index contributed by atoms with van der Waals surface area (Å²) in [5, 5.41) is 5.46. The third-order valence-electron chi connectivity index (χ3n) is 3.99. The largest absolute Gasteiger partial charge is 0.454 e. The first-order valence-electron chi connectivity index (χ1n) is 7.54. The SMILES string of the molecule is O=C(Nc1nc(-c2ccc3c(c2)OCO3)cs1)C1CCOCC1. The molecule has 0 bridgehead atoms. The van der Waals surface area contributed by atoms with Crippen molar-refractivity contribution in [1.29, 1.82) is 0 Å². The summed E-state index contributed by atoms with van der Waals surface area (Å²) in [4.78, 5) is 16.7. The lowest BCUT2D eigenvalue weighted by Crippen LogP contribution is -2.28. The molecule has 2 aliphatic rings. The van der Waals surface area contributed by atoms with Gasteiger partial charge in [0.25, 0.3) is 0 Å². The van der Waals surface area contributed by atoms with E-state index in [-0.39, 0.29) is 18.6 Å². The van der Waals surface area contributed by atoms with E-state index in [1.165, 1.54) is 11.3 Å². The number of ether oxygens (including phenoxy) is 3. The fraction of sp³-hybridized carbons (Fsp3) is 0.375. The van der Waals surface area contributed by atoms with Gasteiger partial charge in [0.1, 0.15) is 0 Å². The van der Waals surface area contributed by atoms with Crippen LogP contribution in [-0.4, -0.2) is 30.9 Å². The van der Waals surface area contributed by atoms with Gasteiger partial charge in [0.15, 0.2) is 16.6 Å². The van der Waals surface area contributed by atoms with Crippen LogP contribution in [0.25, 0.3) is 11.3 Å². The Morgan fingerprint density at radius 1 is 1.22 bits per heavy atom. The van der Waals surface area contributed by atoms with Crippen LogP contribution in [0.4, 0.5) is 5.13 Å². The van der Waals surface area contributed by atoms with E-state index < -0.39 is 0 Å². The molecule has 2 aromatic rings. The number of hydrogen-bond acceptors (Lipinski definition) is 6. The molecule has 0 atom stereocenters. The normalized spacial score (nSPS) is 17.2. The van der Waals surface area contributed by atoms with E-state index >= 15 is 0 Å². The Morgan fingerprint density at radius 2 is 2.04 bits per heavy atom. The molecule has 4 rings (SSSR count). The number of amides is 1. The number of anilines is 1. The summed E-state index contributed by atoms with van der Waals surface area (Å²) in [5.41, 5.74) is 1.76. The fourth-order valence-corrected chi connectivity index (χ4v) is 3.41. The predicted octanol–water partition coefficient (Wildman–Crippen LogP) is 2.90. The first-order chi connectivity index (χ1) is 11.3. The molecule has 0 saturated carbocycles. The number of fused-ring (bicyclic) bond motifs is 1. The third kappa shape index (κ3) is 3.02. The van der Waals surface area contributed by atoms with Crippen LogP contribution in [0.2, 0.25) is 0 Å². The molecule has 1 saturated heterocycles. The van der Waals surface area contributed by atoms with Gasteiger partial charge in [0.2, 0.25) is 12.7 Å². The molecule has 1 aromatic heterocycles. The van der Waals surface area contributed by atoms with Gasteiger partial charge in [0.05, 0.1) is 5.69 Å². The molecule has 2 aliphatic heterocycles. The van der Waals surface area contributed by atoms with Crippen LogP contribution >= 0.6 is 11.3 Å². The Kier molecular flexibility index (Phi) is 3.88. The lowest BCUT2D eigenvalue weighted by molar-refractivity contribution is -0.122. The summed E-state index contributed by atoms with van der Waals surface area (Å²) in [6, 6.07) is 5.71. The van der Waals surface area contributed by atoms with Gasteiger partial charge in [-0.2, -0.15) is 0 Å². The molecule has 1 fully saturated rings. The van der Waals surface area contributed by atoms with Crippen LogP contribution in [0.5, 0.6) is 11.5 Å². The van der Waals surface area contributed by atoms with Crippen molar-refractivity contribution in [3.05, 3.63) is 23.6 Å². The number of carbonyl (C=O) groups is 1. The average Bonchev–Trinajstić information content (AvgIpc) is 3.23. The van der Waals surface area contributed by atoms with Crippen molar-refractivity contribution in [3.8, 4) is 22.8 Å². The third-order valence-corrected chi connectivity index (χ3v) is 4.75. The quantitative estimate of drug-likeness (QED) is 0.936. The first-order valence-corrected chi connectivity index (χ1v) is 8.42. The van der Waals surface area contributed by atoms with E-state index in [9.17, 15) is 4.79 Å². The molecular formula is C16H16N2O4S. The average molecular weight is 332 g/mol. The van der Waals surface area contributed by atoms with Crippen LogP contribution in [0.3, 0.4) is 0 Å². The van der Waals surface area contributed by atoms with Gasteiger partial charge >= 0.3 is 0 Å². The summed E-state index contributed by atoms with van der Waals surface area (Å²) in [6.45, 7) is 1.55. The zero-order chi connectivity index (χ0) is 15.6. The van der Waals surface area contributed by atoms with Gasteiger partial charge in [0, 0.05) is 30.1 Å². The topological polar surface area (TPSA) is 69.7 Å². The smallest absolute Gasteiger partial charge is 0.231 e. The van der Waals surface area contributed by atoms with Gasteiger partial charge in [-0.25, -0.2) is 4.98 Å². The summed E-state index contributed by atoms with van der Waals surface area (Å²) >= 11 is 1.42. The number of nitrogens with zero attached hydrogens (tertiary/aromatic N) is 1. The first kappa shape index (κ1) is 14.5. The highest BCUT2D eigenvalue weighted by Crippen LogP contribution is 2.36. The zero-order valence-corrected chi connectivity index (χ0v) is 13.2.